The average Bonchev–Trinajstić information content (AvgIpc) is 2.61. The van der Waals surface area contributed by atoms with Gasteiger partial charge in [0.05, 0.1) is 13.2 Å². The third-order valence-corrected chi connectivity index (χ3v) is 4.01. The number of rotatable bonds is 8. The smallest absolute Gasteiger partial charge is 0.0606 e. The molecule has 0 bridgehead atoms. The molecule has 0 atom stereocenters. The Kier molecular flexibility index (Phi) is 6.85. The van der Waals surface area contributed by atoms with Crippen molar-refractivity contribution in [3.63, 3.8) is 0 Å². The van der Waals surface area contributed by atoms with E-state index < -0.39 is 0 Å². The molecule has 0 radical (unpaired) electrons. The Labute approximate surface area is 144 Å². The van der Waals surface area contributed by atoms with Gasteiger partial charge in [-0.15, -0.1) is 0 Å². The van der Waals surface area contributed by atoms with Gasteiger partial charge in [0.1, 0.15) is 0 Å². The predicted molar refractivity (Wildman–Crippen MR) is 103 cm³/mol. The van der Waals surface area contributed by atoms with Crippen LogP contribution in [0.1, 0.15) is 11.1 Å². The first-order chi connectivity index (χ1) is 11.6. The molecule has 4 heteroatoms. The molecule has 4 nitrogen and oxygen atoms in total. The van der Waals surface area contributed by atoms with E-state index in [0.717, 1.165) is 22.5 Å². The fourth-order valence-corrected chi connectivity index (χ4v) is 2.43. The molecule has 0 fully saturated rings. The lowest BCUT2D eigenvalue weighted by molar-refractivity contribution is 0.304. The third-order valence-electron chi connectivity index (χ3n) is 4.01. The van der Waals surface area contributed by atoms with E-state index in [0.29, 0.717) is 13.1 Å². The molecule has 0 heterocycles. The van der Waals surface area contributed by atoms with Crippen molar-refractivity contribution >= 4 is 23.5 Å². The summed E-state index contributed by atoms with van der Waals surface area (Å²) < 4.78 is 0. The molecule has 0 saturated heterocycles. The monoisotopic (exact) mass is 326 g/mol. The maximum Gasteiger partial charge on any atom is 0.0606 e. The van der Waals surface area contributed by atoms with E-state index in [-0.39, 0.29) is 13.2 Å². The minimum Gasteiger partial charge on any atom is -0.395 e. The number of benzene rings is 2. The summed E-state index contributed by atoms with van der Waals surface area (Å²) in [7, 11) is 3.94. The van der Waals surface area contributed by atoms with Crippen LogP contribution in [0.2, 0.25) is 0 Å². The standard InChI is InChI=1S/C20H26N2O2/c1-21(13-15-23)19-9-5-17(6-10-19)3-4-18-7-11-20(12-8-18)22(2)14-16-24/h3-12,23-24H,13-16H2,1-2H3/b4-3+. The molecule has 0 aliphatic rings. The van der Waals surface area contributed by atoms with Gasteiger partial charge in [0.2, 0.25) is 0 Å². The van der Waals surface area contributed by atoms with E-state index in [1.165, 1.54) is 0 Å². The fourth-order valence-electron chi connectivity index (χ4n) is 2.43. The van der Waals surface area contributed by atoms with Gasteiger partial charge in [-0.3, -0.25) is 0 Å². The summed E-state index contributed by atoms with van der Waals surface area (Å²) in [5.74, 6) is 0. The molecule has 0 aliphatic heterocycles. The summed E-state index contributed by atoms with van der Waals surface area (Å²) in [6, 6.07) is 16.5. The van der Waals surface area contributed by atoms with Crippen molar-refractivity contribution in [1.29, 1.82) is 0 Å². The van der Waals surface area contributed by atoms with Gasteiger partial charge < -0.3 is 20.0 Å². The van der Waals surface area contributed by atoms with Crippen LogP contribution in [0.4, 0.5) is 11.4 Å². The Hall–Kier alpha value is -2.30. The van der Waals surface area contributed by atoms with Crippen molar-refractivity contribution in [2.45, 2.75) is 0 Å². The quantitative estimate of drug-likeness (QED) is 0.732. The fraction of sp³-hybridized carbons (Fsp3) is 0.300. The number of nitrogens with zero attached hydrogens (tertiary/aromatic N) is 2. The zero-order valence-electron chi connectivity index (χ0n) is 14.4. The van der Waals surface area contributed by atoms with Gasteiger partial charge in [0.25, 0.3) is 0 Å². The predicted octanol–water partition coefficient (Wildman–Crippen LogP) is 2.71. The summed E-state index contributed by atoms with van der Waals surface area (Å²) in [6.45, 7) is 1.57. The zero-order valence-corrected chi connectivity index (χ0v) is 14.4. The summed E-state index contributed by atoms with van der Waals surface area (Å²) >= 11 is 0. The topological polar surface area (TPSA) is 46.9 Å². The van der Waals surface area contributed by atoms with Crippen molar-refractivity contribution in [2.24, 2.45) is 0 Å². The highest BCUT2D eigenvalue weighted by Gasteiger charge is 2.00. The number of likely N-dealkylation sites (N-methyl/N-ethyl adjacent to an activating group) is 2. The van der Waals surface area contributed by atoms with E-state index in [2.05, 4.69) is 60.7 Å². The van der Waals surface area contributed by atoms with Gasteiger partial charge in [-0.2, -0.15) is 0 Å². The molecule has 2 N–H and O–H groups in total. The number of hydrogen-bond donors (Lipinski definition) is 2. The third kappa shape index (κ3) is 5.11. The van der Waals surface area contributed by atoms with Crippen LogP contribution < -0.4 is 9.80 Å². The molecule has 0 amide bonds. The van der Waals surface area contributed by atoms with Crippen LogP contribution in [0.15, 0.2) is 48.5 Å². The average molecular weight is 326 g/mol. The van der Waals surface area contributed by atoms with Gasteiger partial charge in [0, 0.05) is 38.6 Å². The van der Waals surface area contributed by atoms with E-state index in [9.17, 15) is 0 Å². The van der Waals surface area contributed by atoms with Crippen LogP contribution in [0.5, 0.6) is 0 Å². The van der Waals surface area contributed by atoms with E-state index in [1.54, 1.807) is 0 Å². The number of anilines is 2. The van der Waals surface area contributed by atoms with Gasteiger partial charge >= 0.3 is 0 Å². The summed E-state index contributed by atoms with van der Waals surface area (Å²) in [4.78, 5) is 4.05. The van der Waals surface area contributed by atoms with Gasteiger partial charge in [-0.25, -0.2) is 0 Å². The highest BCUT2D eigenvalue weighted by molar-refractivity contribution is 5.71. The molecule has 0 aromatic heterocycles. The normalized spacial score (nSPS) is 11.0. The van der Waals surface area contributed by atoms with E-state index >= 15 is 0 Å². The van der Waals surface area contributed by atoms with Crippen LogP contribution in [0, 0.1) is 0 Å². The molecule has 128 valence electrons. The molecular formula is C20H26N2O2. The van der Waals surface area contributed by atoms with E-state index in [1.807, 2.05) is 23.9 Å². The molecular weight excluding hydrogens is 300 g/mol. The highest BCUT2D eigenvalue weighted by atomic mass is 16.3. The van der Waals surface area contributed by atoms with Crippen LogP contribution in [-0.2, 0) is 0 Å². The van der Waals surface area contributed by atoms with E-state index in [4.69, 9.17) is 10.2 Å². The van der Waals surface area contributed by atoms with Gasteiger partial charge in [-0.05, 0) is 35.4 Å². The lowest BCUT2D eigenvalue weighted by atomic mass is 10.1. The molecule has 0 saturated carbocycles. The van der Waals surface area contributed by atoms with Crippen molar-refractivity contribution in [3.05, 3.63) is 59.7 Å². The zero-order chi connectivity index (χ0) is 17.4. The number of hydrogen-bond acceptors (Lipinski definition) is 4. The summed E-state index contributed by atoms with van der Waals surface area (Å²) in [6.07, 6.45) is 4.17. The minimum absolute atomic E-state index is 0.154. The van der Waals surface area contributed by atoms with Gasteiger partial charge in [-0.1, -0.05) is 36.4 Å². The Morgan fingerprint density at radius 2 is 1.00 bits per heavy atom. The Bertz CT molecular complexity index is 578. The van der Waals surface area contributed by atoms with Crippen molar-refractivity contribution < 1.29 is 10.2 Å². The molecule has 2 rings (SSSR count). The van der Waals surface area contributed by atoms with Crippen molar-refractivity contribution in [2.75, 3.05) is 50.2 Å². The first-order valence-corrected chi connectivity index (χ1v) is 8.16. The molecule has 2 aromatic rings. The largest absolute Gasteiger partial charge is 0.395 e. The lowest BCUT2D eigenvalue weighted by Gasteiger charge is -2.18. The number of aliphatic hydroxyl groups excluding tert-OH is 2. The second-order valence-electron chi connectivity index (χ2n) is 5.81. The second kappa shape index (κ2) is 9.11. The Morgan fingerprint density at radius 1 is 0.667 bits per heavy atom. The van der Waals surface area contributed by atoms with Crippen LogP contribution in [0.25, 0.3) is 12.2 Å². The first kappa shape index (κ1) is 18.0. The van der Waals surface area contributed by atoms with Crippen molar-refractivity contribution in [3.8, 4) is 0 Å². The molecule has 0 aliphatic carbocycles. The van der Waals surface area contributed by atoms with Crippen LogP contribution >= 0.6 is 0 Å². The first-order valence-electron chi connectivity index (χ1n) is 8.16. The molecule has 24 heavy (non-hydrogen) atoms. The second-order valence-corrected chi connectivity index (χ2v) is 5.81. The van der Waals surface area contributed by atoms with Crippen LogP contribution in [0.3, 0.4) is 0 Å². The highest BCUT2D eigenvalue weighted by Crippen LogP contribution is 2.17. The summed E-state index contributed by atoms with van der Waals surface area (Å²) in [5.41, 5.74) is 4.46. The summed E-state index contributed by atoms with van der Waals surface area (Å²) in [5, 5.41) is 18.0. The molecule has 0 unspecified atom stereocenters. The van der Waals surface area contributed by atoms with Gasteiger partial charge in [0.15, 0.2) is 0 Å². The maximum absolute atomic E-state index is 8.98. The maximum atomic E-state index is 8.98. The SMILES string of the molecule is CN(CCO)c1ccc(/C=C/c2ccc(N(C)CCO)cc2)cc1. The van der Waals surface area contributed by atoms with Crippen molar-refractivity contribution in [1.82, 2.24) is 0 Å². The Morgan fingerprint density at radius 3 is 1.29 bits per heavy atom. The minimum atomic E-state index is 0.154. The Balaban J connectivity index is 2.00. The number of aliphatic hydroxyl groups is 2. The van der Waals surface area contributed by atoms with Crippen LogP contribution in [-0.4, -0.2) is 50.6 Å². The lowest BCUT2D eigenvalue weighted by Crippen LogP contribution is -2.20. The molecule has 2 aromatic carbocycles. The molecule has 0 spiro atoms.